The third-order valence-electron chi connectivity index (χ3n) is 3.90. The predicted octanol–water partition coefficient (Wildman–Crippen LogP) is 2.12. The lowest BCUT2D eigenvalue weighted by Gasteiger charge is -2.24. The number of esters is 1. The van der Waals surface area contributed by atoms with Crippen LogP contribution in [0.2, 0.25) is 0 Å². The fourth-order valence-electron chi connectivity index (χ4n) is 2.55. The second-order valence-corrected chi connectivity index (χ2v) is 5.52. The zero-order valence-corrected chi connectivity index (χ0v) is 14.3. The lowest BCUT2D eigenvalue weighted by molar-refractivity contribution is -0.141. The minimum absolute atomic E-state index is 0.0689. The molecule has 0 heterocycles. The first-order valence-corrected chi connectivity index (χ1v) is 7.86. The average molecular weight is 342 g/mol. The van der Waals surface area contributed by atoms with Crippen molar-refractivity contribution in [1.29, 1.82) is 0 Å². The van der Waals surface area contributed by atoms with E-state index in [9.17, 15) is 9.59 Å². The summed E-state index contributed by atoms with van der Waals surface area (Å²) in [6.07, 6.45) is 0.0689. The maximum atomic E-state index is 11.9. The maximum absolute atomic E-state index is 11.9. The normalized spacial score (nSPS) is 12.9. The van der Waals surface area contributed by atoms with E-state index < -0.39 is 18.0 Å². The summed E-state index contributed by atoms with van der Waals surface area (Å²) in [5.74, 6) is -0.200. The minimum atomic E-state index is -0.724. The summed E-state index contributed by atoms with van der Waals surface area (Å²) in [5.41, 5.74) is 7.13. The van der Waals surface area contributed by atoms with Gasteiger partial charge in [0.15, 0.2) is 0 Å². The second-order valence-electron chi connectivity index (χ2n) is 5.52. The number of primary amides is 1. The number of benzene rings is 2. The molecule has 3 N–H and O–H groups in total. The van der Waals surface area contributed by atoms with E-state index in [1.165, 1.54) is 7.11 Å². The highest BCUT2D eigenvalue weighted by Crippen LogP contribution is 2.25. The van der Waals surface area contributed by atoms with Gasteiger partial charge in [-0.25, -0.2) is 0 Å². The van der Waals surface area contributed by atoms with E-state index in [-0.39, 0.29) is 12.4 Å². The Balaban J connectivity index is 2.29. The molecule has 0 radical (unpaired) electrons. The highest BCUT2D eigenvalue weighted by Gasteiger charge is 2.25. The zero-order chi connectivity index (χ0) is 18.2. The van der Waals surface area contributed by atoms with Crippen molar-refractivity contribution in [3.8, 4) is 5.75 Å². The van der Waals surface area contributed by atoms with Gasteiger partial charge in [0.2, 0.25) is 5.91 Å². The molecule has 0 fully saturated rings. The number of nitrogens with two attached hydrogens (primary N) is 1. The van der Waals surface area contributed by atoms with E-state index in [0.717, 1.165) is 11.1 Å². The van der Waals surface area contributed by atoms with Crippen molar-refractivity contribution >= 4 is 11.9 Å². The molecule has 2 rings (SSSR count). The molecule has 0 aromatic heterocycles. The lowest BCUT2D eigenvalue weighted by Crippen LogP contribution is -2.37. The van der Waals surface area contributed by atoms with Crippen molar-refractivity contribution in [1.82, 2.24) is 5.32 Å². The van der Waals surface area contributed by atoms with Crippen LogP contribution in [0.15, 0.2) is 54.6 Å². The van der Waals surface area contributed by atoms with Gasteiger partial charge in [-0.3, -0.25) is 14.9 Å². The van der Waals surface area contributed by atoms with Gasteiger partial charge in [0.05, 0.1) is 20.6 Å². The first-order chi connectivity index (χ1) is 12.0. The Bertz CT molecular complexity index is 701. The minimum Gasteiger partial charge on any atom is -0.497 e. The van der Waals surface area contributed by atoms with Gasteiger partial charge < -0.3 is 15.2 Å². The molecule has 2 aromatic carbocycles. The summed E-state index contributed by atoms with van der Waals surface area (Å²) in [6.45, 7) is 0. The summed E-state index contributed by atoms with van der Waals surface area (Å²) in [5, 5.41) is 3.17. The van der Waals surface area contributed by atoms with Gasteiger partial charge in [0.1, 0.15) is 11.8 Å². The molecule has 2 aromatic rings. The zero-order valence-electron chi connectivity index (χ0n) is 14.3. The number of rotatable bonds is 8. The number of amides is 1. The topological polar surface area (TPSA) is 90.6 Å². The van der Waals surface area contributed by atoms with Crippen LogP contribution in [0.4, 0.5) is 0 Å². The SMILES string of the molecule is COC(=O)CC(N[C@H](C(N)=O)c1ccccc1)c1ccc(OC)cc1. The highest BCUT2D eigenvalue weighted by atomic mass is 16.5. The Kier molecular flexibility index (Phi) is 6.54. The predicted molar refractivity (Wildman–Crippen MR) is 93.9 cm³/mol. The Morgan fingerprint density at radius 2 is 1.64 bits per heavy atom. The number of nitrogens with one attached hydrogen (secondary N) is 1. The van der Waals surface area contributed by atoms with Crippen LogP contribution < -0.4 is 15.8 Å². The molecule has 0 aliphatic heterocycles. The van der Waals surface area contributed by atoms with E-state index in [4.69, 9.17) is 15.2 Å². The lowest BCUT2D eigenvalue weighted by atomic mass is 9.99. The molecule has 0 saturated heterocycles. The molecular weight excluding hydrogens is 320 g/mol. The van der Waals surface area contributed by atoms with Crippen LogP contribution in [0.5, 0.6) is 5.75 Å². The number of hydrogen-bond acceptors (Lipinski definition) is 5. The molecule has 0 aliphatic rings. The Morgan fingerprint density at radius 1 is 1.00 bits per heavy atom. The summed E-state index contributed by atoms with van der Waals surface area (Å²) >= 11 is 0. The standard InChI is InChI=1S/C19H22N2O4/c1-24-15-10-8-13(9-11-15)16(12-17(22)25-2)21-18(19(20)23)14-6-4-3-5-7-14/h3-11,16,18,21H,12H2,1-2H3,(H2,20,23)/t16?,18-/m0/s1. The largest absolute Gasteiger partial charge is 0.497 e. The van der Waals surface area contributed by atoms with E-state index in [1.807, 2.05) is 42.5 Å². The van der Waals surface area contributed by atoms with Crippen LogP contribution in [0.1, 0.15) is 29.6 Å². The van der Waals surface area contributed by atoms with Crippen molar-refractivity contribution in [3.05, 3.63) is 65.7 Å². The van der Waals surface area contributed by atoms with Gasteiger partial charge >= 0.3 is 5.97 Å². The molecule has 0 spiro atoms. The van der Waals surface area contributed by atoms with Crippen LogP contribution in [0.3, 0.4) is 0 Å². The smallest absolute Gasteiger partial charge is 0.307 e. The molecule has 132 valence electrons. The third kappa shape index (κ3) is 5.06. The number of hydrogen-bond donors (Lipinski definition) is 2. The van der Waals surface area contributed by atoms with Crippen molar-refractivity contribution in [2.45, 2.75) is 18.5 Å². The van der Waals surface area contributed by atoms with Crippen molar-refractivity contribution in [2.75, 3.05) is 14.2 Å². The van der Waals surface area contributed by atoms with Gasteiger partial charge in [-0.1, -0.05) is 42.5 Å². The van der Waals surface area contributed by atoms with Gasteiger partial charge in [0.25, 0.3) is 0 Å². The van der Waals surface area contributed by atoms with Gasteiger partial charge in [-0.2, -0.15) is 0 Å². The van der Waals surface area contributed by atoms with Crippen molar-refractivity contribution < 1.29 is 19.1 Å². The van der Waals surface area contributed by atoms with Crippen LogP contribution in [-0.4, -0.2) is 26.1 Å². The van der Waals surface area contributed by atoms with Gasteiger partial charge in [0, 0.05) is 6.04 Å². The Morgan fingerprint density at radius 3 is 2.16 bits per heavy atom. The van der Waals surface area contributed by atoms with E-state index in [2.05, 4.69) is 5.32 Å². The molecular formula is C19H22N2O4. The number of methoxy groups -OCH3 is 2. The monoisotopic (exact) mass is 342 g/mol. The van der Waals surface area contributed by atoms with Crippen molar-refractivity contribution in [3.63, 3.8) is 0 Å². The van der Waals surface area contributed by atoms with E-state index in [0.29, 0.717) is 5.75 Å². The van der Waals surface area contributed by atoms with Crippen LogP contribution in [0, 0.1) is 0 Å². The highest BCUT2D eigenvalue weighted by molar-refractivity contribution is 5.81. The van der Waals surface area contributed by atoms with E-state index >= 15 is 0 Å². The molecule has 1 amide bonds. The van der Waals surface area contributed by atoms with Gasteiger partial charge in [-0.05, 0) is 23.3 Å². The number of ether oxygens (including phenoxy) is 2. The van der Waals surface area contributed by atoms with E-state index in [1.54, 1.807) is 19.2 Å². The first kappa shape index (κ1) is 18.5. The fraction of sp³-hybridized carbons (Fsp3) is 0.263. The number of carbonyl (C=O) groups is 2. The molecule has 6 heteroatoms. The molecule has 6 nitrogen and oxygen atoms in total. The molecule has 0 saturated carbocycles. The van der Waals surface area contributed by atoms with Gasteiger partial charge in [-0.15, -0.1) is 0 Å². The average Bonchev–Trinajstić information content (AvgIpc) is 2.65. The molecule has 25 heavy (non-hydrogen) atoms. The van der Waals surface area contributed by atoms with Crippen molar-refractivity contribution in [2.24, 2.45) is 5.73 Å². The summed E-state index contributed by atoms with van der Waals surface area (Å²) < 4.78 is 9.93. The maximum Gasteiger partial charge on any atom is 0.307 e. The van der Waals surface area contributed by atoms with Crippen LogP contribution in [-0.2, 0) is 14.3 Å². The summed E-state index contributed by atoms with van der Waals surface area (Å²) in [7, 11) is 2.91. The third-order valence-corrected chi connectivity index (χ3v) is 3.90. The fourth-order valence-corrected chi connectivity index (χ4v) is 2.55. The summed E-state index contributed by atoms with van der Waals surface area (Å²) in [6, 6.07) is 15.2. The molecule has 0 bridgehead atoms. The Labute approximate surface area is 146 Å². The molecule has 0 aliphatic carbocycles. The summed E-state index contributed by atoms with van der Waals surface area (Å²) in [4.78, 5) is 23.7. The second kappa shape index (κ2) is 8.84. The first-order valence-electron chi connectivity index (χ1n) is 7.86. The van der Waals surface area contributed by atoms with Crippen LogP contribution in [0.25, 0.3) is 0 Å². The number of carbonyl (C=O) groups excluding carboxylic acids is 2. The molecule has 2 atom stereocenters. The quantitative estimate of drug-likeness (QED) is 0.717. The molecule has 1 unspecified atom stereocenters. The Hall–Kier alpha value is -2.86. The van der Waals surface area contributed by atoms with Crippen LogP contribution >= 0.6 is 0 Å².